The van der Waals surface area contributed by atoms with Crippen LogP contribution in [-0.2, 0) is 0 Å². The molecule has 1 aliphatic rings. The van der Waals surface area contributed by atoms with Gasteiger partial charge in [-0.1, -0.05) is 24.3 Å². The van der Waals surface area contributed by atoms with E-state index in [9.17, 15) is 13.6 Å². The number of nitrogens with one attached hydrogen (secondary N) is 2. The number of amides is 1. The second-order valence-electron chi connectivity index (χ2n) is 11.5. The minimum atomic E-state index is -0.940. The number of benzene rings is 3. The zero-order chi connectivity index (χ0) is 33.2. The third-order valence-corrected chi connectivity index (χ3v) is 8.31. The van der Waals surface area contributed by atoms with Crippen molar-refractivity contribution in [2.24, 2.45) is 0 Å². The summed E-state index contributed by atoms with van der Waals surface area (Å²) in [4.78, 5) is 26.8. The van der Waals surface area contributed by atoms with Gasteiger partial charge in [0.05, 0.1) is 29.6 Å². The minimum Gasteiger partial charge on any atom is -0.495 e. The molecular weight excluding hydrogens is 614 g/mol. The first-order valence-electron chi connectivity index (χ1n) is 15.4. The van der Waals surface area contributed by atoms with Gasteiger partial charge in [-0.3, -0.25) is 4.79 Å². The summed E-state index contributed by atoms with van der Waals surface area (Å²) in [5.74, 6) is -1.57. The highest BCUT2D eigenvalue weighted by Gasteiger charge is 2.22. The summed E-state index contributed by atoms with van der Waals surface area (Å²) >= 11 is 0. The number of rotatable bonds is 8. The Morgan fingerprint density at radius 2 is 1.67 bits per heavy atom. The first-order valence-corrected chi connectivity index (χ1v) is 15.4. The van der Waals surface area contributed by atoms with E-state index in [1.807, 2.05) is 54.7 Å². The van der Waals surface area contributed by atoms with Crippen LogP contribution < -0.4 is 20.3 Å². The molecule has 0 radical (unpaired) electrons. The molecule has 0 unspecified atom stereocenters. The predicted molar refractivity (Wildman–Crippen MR) is 182 cm³/mol. The first-order chi connectivity index (χ1) is 23.4. The highest BCUT2D eigenvalue weighted by Crippen LogP contribution is 2.36. The summed E-state index contributed by atoms with van der Waals surface area (Å²) in [5, 5.41) is 10.8. The number of carbonyl (C=O) groups is 1. The fourth-order valence-electron chi connectivity index (χ4n) is 5.86. The Balaban J connectivity index is 1.22. The number of pyridine rings is 1. The fourth-order valence-corrected chi connectivity index (χ4v) is 5.86. The molecule has 4 heterocycles. The fraction of sp³-hybridized carbons (Fsp3) is 0.167. The number of fused-ring (bicyclic) bond motifs is 1. The van der Waals surface area contributed by atoms with E-state index in [2.05, 4.69) is 32.5 Å². The number of nitrogens with zero attached hydrogens (tertiary/aromatic N) is 6. The molecule has 48 heavy (non-hydrogen) atoms. The van der Waals surface area contributed by atoms with E-state index in [0.717, 1.165) is 66.5 Å². The maximum atomic E-state index is 14.3. The molecule has 0 spiro atoms. The van der Waals surface area contributed by atoms with Gasteiger partial charge in [-0.2, -0.15) is 5.10 Å². The molecule has 2 N–H and O–H groups in total. The Morgan fingerprint density at radius 3 is 2.46 bits per heavy atom. The van der Waals surface area contributed by atoms with Gasteiger partial charge in [0, 0.05) is 55.5 Å². The number of likely N-dealkylation sites (N-methyl/N-ethyl adjacent to an activating group) is 1. The second-order valence-corrected chi connectivity index (χ2v) is 11.5. The summed E-state index contributed by atoms with van der Waals surface area (Å²) in [6.07, 6.45) is 3.53. The number of ether oxygens (including phenoxy) is 1. The lowest BCUT2D eigenvalue weighted by atomic mass is 10.0. The van der Waals surface area contributed by atoms with Crippen molar-refractivity contribution in [3.63, 3.8) is 0 Å². The van der Waals surface area contributed by atoms with Gasteiger partial charge >= 0.3 is 0 Å². The van der Waals surface area contributed by atoms with E-state index >= 15 is 0 Å². The standard InChI is InChI=1S/C36H32F2N8O2/c1-44-17-19-45(20-18-44)30-22-25(12-13-31(30)48-2)41-36-39-15-14-28(42-36)33-29-11-3-4-16-46(29)43-34(33)23-7-5-8-24(21-23)40-35(47)32-26(37)9-6-10-27(32)38/h3-16,21-22H,17-20H2,1-2H3,(H,40,47)(H,39,41,42). The van der Waals surface area contributed by atoms with Gasteiger partial charge in [0.2, 0.25) is 5.95 Å². The summed E-state index contributed by atoms with van der Waals surface area (Å²) < 4.78 is 36.0. The molecule has 1 aliphatic heterocycles. The number of anilines is 4. The van der Waals surface area contributed by atoms with Gasteiger partial charge in [0.25, 0.3) is 5.91 Å². The molecule has 6 aromatic rings. The maximum absolute atomic E-state index is 14.3. The van der Waals surface area contributed by atoms with Gasteiger partial charge in [0.15, 0.2) is 0 Å². The summed E-state index contributed by atoms with van der Waals surface area (Å²) in [7, 11) is 3.80. The zero-order valence-electron chi connectivity index (χ0n) is 26.3. The predicted octanol–water partition coefficient (Wildman–Crippen LogP) is 6.49. The number of hydrogen-bond donors (Lipinski definition) is 2. The van der Waals surface area contributed by atoms with Crippen molar-refractivity contribution < 1.29 is 18.3 Å². The highest BCUT2D eigenvalue weighted by atomic mass is 19.1. The number of halogens is 2. The van der Waals surface area contributed by atoms with Crippen LogP contribution in [0.25, 0.3) is 28.0 Å². The lowest BCUT2D eigenvalue weighted by Crippen LogP contribution is -2.44. The van der Waals surface area contributed by atoms with Crippen LogP contribution in [0.5, 0.6) is 5.75 Å². The third kappa shape index (κ3) is 6.13. The average molecular weight is 647 g/mol. The maximum Gasteiger partial charge on any atom is 0.261 e. The van der Waals surface area contributed by atoms with Crippen molar-refractivity contribution in [3.05, 3.63) is 115 Å². The first kappa shape index (κ1) is 30.8. The Hall–Kier alpha value is -5.88. The smallest absolute Gasteiger partial charge is 0.261 e. The molecule has 7 rings (SSSR count). The summed E-state index contributed by atoms with van der Waals surface area (Å²) in [5.41, 5.74) is 4.96. The van der Waals surface area contributed by atoms with Gasteiger partial charge < -0.3 is 25.2 Å². The van der Waals surface area contributed by atoms with E-state index in [1.165, 1.54) is 6.07 Å². The van der Waals surface area contributed by atoms with E-state index in [1.54, 1.807) is 36.0 Å². The summed E-state index contributed by atoms with van der Waals surface area (Å²) in [6, 6.07) is 23.7. The molecule has 1 amide bonds. The van der Waals surface area contributed by atoms with Gasteiger partial charge in [-0.25, -0.2) is 23.3 Å². The zero-order valence-corrected chi connectivity index (χ0v) is 26.3. The van der Waals surface area contributed by atoms with E-state index in [4.69, 9.17) is 14.8 Å². The van der Waals surface area contributed by atoms with Crippen LogP contribution in [0.15, 0.2) is 97.3 Å². The number of aromatic nitrogens is 4. The van der Waals surface area contributed by atoms with Crippen molar-refractivity contribution in [3.8, 4) is 28.3 Å². The SMILES string of the molecule is COc1ccc(Nc2nccc(-c3c(-c4cccc(NC(=O)c5c(F)cccc5F)c4)nn4ccccc34)n2)cc1N1CCN(C)CC1. The van der Waals surface area contributed by atoms with Gasteiger partial charge in [0.1, 0.15) is 28.6 Å². The van der Waals surface area contributed by atoms with Crippen molar-refractivity contribution in [2.45, 2.75) is 0 Å². The van der Waals surface area contributed by atoms with Crippen molar-refractivity contribution in [1.29, 1.82) is 0 Å². The summed E-state index contributed by atoms with van der Waals surface area (Å²) in [6.45, 7) is 3.72. The van der Waals surface area contributed by atoms with E-state index in [0.29, 0.717) is 28.6 Å². The molecule has 1 fully saturated rings. The molecule has 242 valence electrons. The van der Waals surface area contributed by atoms with Crippen LogP contribution >= 0.6 is 0 Å². The Kier molecular flexibility index (Phi) is 8.38. The molecule has 10 nitrogen and oxygen atoms in total. The Morgan fingerprint density at radius 1 is 0.875 bits per heavy atom. The average Bonchev–Trinajstić information content (AvgIpc) is 3.49. The Bertz CT molecular complexity index is 2110. The lowest BCUT2D eigenvalue weighted by Gasteiger charge is -2.34. The molecule has 3 aromatic heterocycles. The third-order valence-electron chi connectivity index (χ3n) is 8.31. The van der Waals surface area contributed by atoms with Crippen LogP contribution in [-0.4, -0.2) is 70.7 Å². The monoisotopic (exact) mass is 646 g/mol. The Labute approximate surface area is 275 Å². The van der Waals surface area contributed by atoms with Gasteiger partial charge in [-0.15, -0.1) is 0 Å². The molecule has 0 atom stereocenters. The normalized spacial score (nSPS) is 13.5. The number of piperazine rings is 1. The minimum absolute atomic E-state index is 0.351. The van der Waals surface area contributed by atoms with Crippen LogP contribution in [0.3, 0.4) is 0 Å². The number of methoxy groups -OCH3 is 1. The highest BCUT2D eigenvalue weighted by molar-refractivity contribution is 6.05. The van der Waals surface area contributed by atoms with Crippen molar-refractivity contribution in [1.82, 2.24) is 24.5 Å². The number of hydrogen-bond acceptors (Lipinski definition) is 8. The van der Waals surface area contributed by atoms with Crippen molar-refractivity contribution >= 4 is 34.4 Å². The van der Waals surface area contributed by atoms with Crippen molar-refractivity contribution in [2.75, 3.05) is 55.9 Å². The number of carbonyl (C=O) groups excluding carboxylic acids is 1. The molecule has 0 aliphatic carbocycles. The topological polar surface area (TPSA) is 99.9 Å². The molecular formula is C36H32F2N8O2. The van der Waals surface area contributed by atoms with Crippen LogP contribution in [0.4, 0.5) is 31.8 Å². The molecule has 12 heteroatoms. The largest absolute Gasteiger partial charge is 0.495 e. The lowest BCUT2D eigenvalue weighted by molar-refractivity contribution is 0.101. The van der Waals surface area contributed by atoms with Gasteiger partial charge in [-0.05, 0) is 67.7 Å². The molecule has 0 bridgehead atoms. The van der Waals surface area contributed by atoms with E-state index < -0.39 is 23.1 Å². The quantitative estimate of drug-likeness (QED) is 0.194. The molecule has 1 saturated heterocycles. The van der Waals surface area contributed by atoms with E-state index in [-0.39, 0.29) is 0 Å². The molecule has 0 saturated carbocycles. The second kappa shape index (κ2) is 13.1. The molecule has 3 aromatic carbocycles. The van der Waals surface area contributed by atoms with Crippen LogP contribution in [0, 0.1) is 11.6 Å². The van der Waals surface area contributed by atoms with Crippen LogP contribution in [0.1, 0.15) is 10.4 Å². The van der Waals surface area contributed by atoms with Crippen LogP contribution in [0.2, 0.25) is 0 Å².